The Hall–Kier alpha value is -2.18. The summed E-state index contributed by atoms with van der Waals surface area (Å²) in [6, 6.07) is 16.2. The van der Waals surface area contributed by atoms with Gasteiger partial charge in [-0.05, 0) is 31.0 Å². The number of nitrogens with one attached hydrogen (secondary N) is 1. The van der Waals surface area contributed by atoms with Crippen molar-refractivity contribution < 1.29 is 17.9 Å². The summed E-state index contributed by atoms with van der Waals surface area (Å²) in [5.41, 5.74) is 0.848. The van der Waals surface area contributed by atoms with Crippen molar-refractivity contribution in [3.8, 4) is 0 Å². The van der Waals surface area contributed by atoms with Crippen molar-refractivity contribution in [3.05, 3.63) is 66.2 Å². The van der Waals surface area contributed by atoms with E-state index in [0.717, 1.165) is 5.56 Å². The highest BCUT2D eigenvalue weighted by Gasteiger charge is 2.26. The first kappa shape index (κ1) is 17.2. The zero-order valence-corrected chi connectivity index (χ0v) is 13.6. The molecule has 0 fully saturated rings. The van der Waals surface area contributed by atoms with Gasteiger partial charge in [0.05, 0.1) is 11.5 Å². The van der Waals surface area contributed by atoms with E-state index < -0.39 is 22.0 Å². The molecule has 1 N–H and O–H groups in total. The normalized spacial score (nSPS) is 12.6. The highest BCUT2D eigenvalue weighted by atomic mass is 32.2. The van der Waals surface area contributed by atoms with Gasteiger partial charge in [-0.15, -0.1) is 0 Å². The second kappa shape index (κ2) is 7.89. The van der Waals surface area contributed by atoms with Gasteiger partial charge < -0.3 is 4.74 Å². The summed E-state index contributed by atoms with van der Waals surface area (Å²) in [5.74, 6) is -0.587. The van der Waals surface area contributed by atoms with Gasteiger partial charge in [-0.25, -0.2) is 8.42 Å². The molecule has 0 heterocycles. The van der Waals surface area contributed by atoms with Crippen LogP contribution < -0.4 is 4.72 Å². The molecule has 0 bridgehead atoms. The molecule has 5 nitrogen and oxygen atoms in total. The van der Waals surface area contributed by atoms with Gasteiger partial charge in [-0.2, -0.15) is 4.72 Å². The average molecular weight is 333 g/mol. The lowest BCUT2D eigenvalue weighted by Crippen LogP contribution is -2.43. The second-order valence-electron chi connectivity index (χ2n) is 4.93. The average Bonchev–Trinajstić information content (AvgIpc) is 2.56. The molecule has 0 aliphatic rings. The Balaban J connectivity index is 2.22. The minimum atomic E-state index is -3.79. The molecule has 0 aliphatic carbocycles. The van der Waals surface area contributed by atoms with Gasteiger partial charge in [-0.3, -0.25) is 4.79 Å². The van der Waals surface area contributed by atoms with Crippen LogP contribution in [0.2, 0.25) is 0 Å². The Morgan fingerprint density at radius 2 is 1.61 bits per heavy atom. The monoisotopic (exact) mass is 333 g/mol. The number of ether oxygens (including phenoxy) is 1. The molecule has 2 aromatic carbocycles. The molecule has 1 unspecified atom stereocenters. The predicted octanol–water partition coefficient (Wildman–Crippen LogP) is 2.14. The fourth-order valence-electron chi connectivity index (χ4n) is 2.12. The van der Waals surface area contributed by atoms with Crippen molar-refractivity contribution in [2.24, 2.45) is 0 Å². The van der Waals surface area contributed by atoms with Crippen LogP contribution >= 0.6 is 0 Å². The van der Waals surface area contributed by atoms with Crippen LogP contribution in [0.4, 0.5) is 0 Å². The number of carbonyl (C=O) groups is 1. The Kier molecular flexibility index (Phi) is 5.90. The van der Waals surface area contributed by atoms with Gasteiger partial charge >= 0.3 is 5.97 Å². The van der Waals surface area contributed by atoms with E-state index in [1.54, 1.807) is 25.1 Å². The first-order chi connectivity index (χ1) is 11.0. The molecule has 0 spiro atoms. The summed E-state index contributed by atoms with van der Waals surface area (Å²) < 4.78 is 32.3. The van der Waals surface area contributed by atoms with E-state index in [4.69, 9.17) is 4.74 Å². The van der Waals surface area contributed by atoms with Crippen molar-refractivity contribution in [1.82, 2.24) is 4.72 Å². The third kappa shape index (κ3) is 4.91. The van der Waals surface area contributed by atoms with Crippen molar-refractivity contribution in [2.45, 2.75) is 24.3 Å². The summed E-state index contributed by atoms with van der Waals surface area (Å²) in [4.78, 5) is 12.2. The van der Waals surface area contributed by atoms with Gasteiger partial charge in [0.1, 0.15) is 6.04 Å². The van der Waals surface area contributed by atoms with E-state index in [0.29, 0.717) is 0 Å². The Labute approximate surface area is 136 Å². The lowest BCUT2D eigenvalue weighted by atomic mass is 10.1. The van der Waals surface area contributed by atoms with E-state index in [-0.39, 0.29) is 17.9 Å². The van der Waals surface area contributed by atoms with Crippen LogP contribution in [0, 0.1) is 0 Å². The zero-order valence-electron chi connectivity index (χ0n) is 12.8. The molecular weight excluding hydrogens is 314 g/mol. The van der Waals surface area contributed by atoms with Gasteiger partial charge in [0.2, 0.25) is 10.0 Å². The lowest BCUT2D eigenvalue weighted by molar-refractivity contribution is -0.145. The molecular formula is C17H19NO4S. The van der Waals surface area contributed by atoms with Crippen molar-refractivity contribution in [3.63, 3.8) is 0 Å². The SMILES string of the molecule is CCOC(=O)C(Cc1ccccc1)NS(=O)(=O)c1ccccc1. The standard InChI is InChI=1S/C17H19NO4S/c1-2-22-17(19)16(13-14-9-5-3-6-10-14)18-23(20,21)15-11-7-4-8-12-15/h3-12,16,18H,2,13H2,1H3. The van der Waals surface area contributed by atoms with E-state index in [9.17, 15) is 13.2 Å². The Bertz CT molecular complexity index is 730. The first-order valence-corrected chi connectivity index (χ1v) is 8.79. The topological polar surface area (TPSA) is 72.5 Å². The number of hydrogen-bond donors (Lipinski definition) is 1. The van der Waals surface area contributed by atoms with E-state index in [1.165, 1.54) is 12.1 Å². The van der Waals surface area contributed by atoms with Crippen LogP contribution in [0.5, 0.6) is 0 Å². The lowest BCUT2D eigenvalue weighted by Gasteiger charge is -2.17. The predicted molar refractivity (Wildman–Crippen MR) is 87.3 cm³/mol. The van der Waals surface area contributed by atoms with Crippen LogP contribution in [-0.2, 0) is 26.0 Å². The maximum Gasteiger partial charge on any atom is 0.324 e. The van der Waals surface area contributed by atoms with Crippen LogP contribution in [-0.4, -0.2) is 27.0 Å². The Morgan fingerprint density at radius 3 is 2.17 bits per heavy atom. The number of esters is 1. The number of carbonyl (C=O) groups excluding carboxylic acids is 1. The first-order valence-electron chi connectivity index (χ1n) is 7.31. The minimum absolute atomic E-state index is 0.113. The van der Waals surface area contributed by atoms with E-state index in [2.05, 4.69) is 4.72 Å². The van der Waals surface area contributed by atoms with Gasteiger partial charge in [0, 0.05) is 0 Å². The number of sulfonamides is 1. The van der Waals surface area contributed by atoms with Crippen molar-refractivity contribution in [2.75, 3.05) is 6.61 Å². The molecule has 0 aliphatic heterocycles. The molecule has 0 saturated carbocycles. The van der Waals surface area contributed by atoms with Crippen molar-refractivity contribution in [1.29, 1.82) is 0 Å². The maximum atomic E-state index is 12.4. The summed E-state index contributed by atoms with van der Waals surface area (Å²) in [5, 5.41) is 0. The summed E-state index contributed by atoms with van der Waals surface area (Å²) in [6.07, 6.45) is 0.228. The molecule has 0 saturated heterocycles. The number of benzene rings is 2. The third-order valence-electron chi connectivity index (χ3n) is 3.20. The quantitative estimate of drug-likeness (QED) is 0.788. The Morgan fingerprint density at radius 1 is 1.04 bits per heavy atom. The molecule has 0 aromatic heterocycles. The third-order valence-corrected chi connectivity index (χ3v) is 4.69. The van der Waals surface area contributed by atoms with Crippen LogP contribution in [0.3, 0.4) is 0 Å². The van der Waals surface area contributed by atoms with Crippen LogP contribution in [0.1, 0.15) is 12.5 Å². The number of rotatable bonds is 7. The minimum Gasteiger partial charge on any atom is -0.465 e. The van der Waals surface area contributed by atoms with E-state index in [1.807, 2.05) is 30.3 Å². The molecule has 0 amide bonds. The summed E-state index contributed by atoms with van der Waals surface area (Å²) in [6.45, 7) is 1.88. The van der Waals surface area contributed by atoms with Gasteiger partial charge in [0.25, 0.3) is 0 Å². The fourth-order valence-corrected chi connectivity index (χ4v) is 3.33. The highest BCUT2D eigenvalue weighted by molar-refractivity contribution is 7.89. The number of hydrogen-bond acceptors (Lipinski definition) is 4. The van der Waals surface area contributed by atoms with E-state index >= 15 is 0 Å². The summed E-state index contributed by atoms with van der Waals surface area (Å²) >= 11 is 0. The second-order valence-corrected chi connectivity index (χ2v) is 6.64. The highest BCUT2D eigenvalue weighted by Crippen LogP contribution is 2.11. The largest absolute Gasteiger partial charge is 0.465 e. The fraction of sp³-hybridized carbons (Fsp3) is 0.235. The maximum absolute atomic E-state index is 12.4. The van der Waals surface area contributed by atoms with Gasteiger partial charge in [0.15, 0.2) is 0 Å². The molecule has 0 radical (unpaired) electrons. The molecule has 1 atom stereocenters. The van der Waals surface area contributed by atoms with Crippen LogP contribution in [0.25, 0.3) is 0 Å². The summed E-state index contributed by atoms with van der Waals surface area (Å²) in [7, 11) is -3.79. The van der Waals surface area contributed by atoms with Crippen LogP contribution in [0.15, 0.2) is 65.6 Å². The molecule has 2 rings (SSSR count). The molecule has 122 valence electrons. The molecule has 2 aromatic rings. The zero-order chi connectivity index (χ0) is 16.7. The van der Waals surface area contributed by atoms with Crippen molar-refractivity contribution >= 4 is 16.0 Å². The smallest absolute Gasteiger partial charge is 0.324 e. The van der Waals surface area contributed by atoms with Gasteiger partial charge in [-0.1, -0.05) is 48.5 Å². The molecule has 23 heavy (non-hydrogen) atoms. The molecule has 6 heteroatoms.